The van der Waals surface area contributed by atoms with Crippen molar-refractivity contribution in [3.05, 3.63) is 0 Å². The van der Waals surface area contributed by atoms with Crippen molar-refractivity contribution < 1.29 is 4.79 Å². The smallest absolute Gasteiger partial charge is 0.241 e. The molecule has 0 bridgehead atoms. The summed E-state index contributed by atoms with van der Waals surface area (Å²) in [4.78, 5) is 15.0. The van der Waals surface area contributed by atoms with Crippen molar-refractivity contribution in [2.24, 2.45) is 23.7 Å². The SMILES string of the molecule is CCC(C)C1NC(C2CCCC2)N(CC2CC2C)C1=O. The third kappa shape index (κ3) is 2.61. The first-order valence-electron chi connectivity index (χ1n) is 8.68. The van der Waals surface area contributed by atoms with Crippen LogP contribution in [0.25, 0.3) is 0 Å². The van der Waals surface area contributed by atoms with Crippen LogP contribution in [0.3, 0.4) is 0 Å². The summed E-state index contributed by atoms with van der Waals surface area (Å²) in [6.07, 6.45) is 8.02. The highest BCUT2D eigenvalue weighted by atomic mass is 16.2. The van der Waals surface area contributed by atoms with Crippen molar-refractivity contribution in [2.45, 2.75) is 71.5 Å². The molecule has 0 aromatic carbocycles. The number of hydrogen-bond acceptors (Lipinski definition) is 2. The number of carbonyl (C=O) groups excluding carboxylic acids is 1. The maximum Gasteiger partial charge on any atom is 0.241 e. The first kappa shape index (κ1) is 14.4. The van der Waals surface area contributed by atoms with Crippen LogP contribution in [0.4, 0.5) is 0 Å². The van der Waals surface area contributed by atoms with Gasteiger partial charge in [-0.15, -0.1) is 0 Å². The molecule has 3 fully saturated rings. The largest absolute Gasteiger partial charge is 0.325 e. The average Bonchev–Trinajstić information content (AvgIpc) is 2.85. The fourth-order valence-corrected chi connectivity index (χ4v) is 4.08. The standard InChI is InChI=1S/C17H30N2O/c1-4-11(2)15-17(20)19(10-14-9-12(14)3)16(18-15)13-7-5-6-8-13/h11-16,18H,4-10H2,1-3H3. The molecule has 0 radical (unpaired) electrons. The van der Waals surface area contributed by atoms with E-state index in [0.717, 1.165) is 24.8 Å². The fraction of sp³-hybridized carbons (Fsp3) is 0.941. The van der Waals surface area contributed by atoms with E-state index in [-0.39, 0.29) is 6.04 Å². The minimum absolute atomic E-state index is 0.0691. The van der Waals surface area contributed by atoms with E-state index in [1.54, 1.807) is 0 Å². The fourth-order valence-electron chi connectivity index (χ4n) is 4.08. The van der Waals surface area contributed by atoms with E-state index in [0.29, 0.717) is 23.9 Å². The molecule has 5 unspecified atom stereocenters. The van der Waals surface area contributed by atoms with Crippen molar-refractivity contribution in [1.82, 2.24) is 10.2 Å². The number of nitrogens with zero attached hydrogens (tertiary/aromatic N) is 1. The van der Waals surface area contributed by atoms with Gasteiger partial charge >= 0.3 is 0 Å². The molecule has 3 aliphatic rings. The summed E-state index contributed by atoms with van der Waals surface area (Å²) in [5, 5.41) is 3.71. The van der Waals surface area contributed by atoms with E-state index in [4.69, 9.17) is 0 Å². The summed E-state index contributed by atoms with van der Waals surface area (Å²) in [6.45, 7) is 7.72. The van der Waals surface area contributed by atoms with Gasteiger partial charge in [0.2, 0.25) is 5.91 Å². The Balaban J connectivity index is 1.72. The Morgan fingerprint density at radius 1 is 1.35 bits per heavy atom. The lowest BCUT2D eigenvalue weighted by molar-refractivity contribution is -0.131. The number of amides is 1. The molecule has 3 heteroatoms. The lowest BCUT2D eigenvalue weighted by atomic mass is 9.99. The van der Waals surface area contributed by atoms with Gasteiger partial charge in [-0.05, 0) is 42.9 Å². The Morgan fingerprint density at radius 2 is 2.00 bits per heavy atom. The van der Waals surface area contributed by atoms with E-state index >= 15 is 0 Å². The third-order valence-electron chi connectivity index (χ3n) is 6.00. The molecule has 0 aromatic heterocycles. The number of rotatable bonds is 5. The van der Waals surface area contributed by atoms with Gasteiger partial charge < -0.3 is 4.90 Å². The van der Waals surface area contributed by atoms with Gasteiger partial charge in [0, 0.05) is 6.54 Å². The molecule has 1 aliphatic heterocycles. The van der Waals surface area contributed by atoms with Gasteiger partial charge in [-0.2, -0.15) is 0 Å². The molecule has 1 amide bonds. The molecule has 20 heavy (non-hydrogen) atoms. The van der Waals surface area contributed by atoms with E-state index < -0.39 is 0 Å². The van der Waals surface area contributed by atoms with Crippen LogP contribution in [0.2, 0.25) is 0 Å². The molecular formula is C17H30N2O. The summed E-state index contributed by atoms with van der Waals surface area (Å²) in [5.41, 5.74) is 0. The Bertz CT molecular complexity index is 364. The van der Waals surface area contributed by atoms with E-state index in [1.807, 2.05) is 0 Å². The molecule has 2 aliphatic carbocycles. The second kappa shape index (κ2) is 5.67. The minimum atomic E-state index is 0.0691. The molecule has 1 saturated heterocycles. The number of carbonyl (C=O) groups is 1. The first-order valence-corrected chi connectivity index (χ1v) is 8.68. The van der Waals surface area contributed by atoms with Crippen molar-refractivity contribution in [3.63, 3.8) is 0 Å². The van der Waals surface area contributed by atoms with Crippen LogP contribution in [0, 0.1) is 23.7 Å². The molecule has 1 heterocycles. The topological polar surface area (TPSA) is 32.3 Å². The second-order valence-electron chi connectivity index (χ2n) is 7.48. The van der Waals surface area contributed by atoms with Crippen LogP contribution < -0.4 is 5.32 Å². The van der Waals surface area contributed by atoms with Crippen LogP contribution in [0.5, 0.6) is 0 Å². The molecule has 0 spiro atoms. The van der Waals surface area contributed by atoms with E-state index in [1.165, 1.54) is 32.1 Å². The van der Waals surface area contributed by atoms with Gasteiger partial charge in [0.05, 0.1) is 12.2 Å². The number of hydrogen-bond donors (Lipinski definition) is 1. The van der Waals surface area contributed by atoms with Gasteiger partial charge in [-0.3, -0.25) is 10.1 Å². The van der Waals surface area contributed by atoms with Crippen molar-refractivity contribution >= 4 is 5.91 Å². The highest BCUT2D eigenvalue weighted by Gasteiger charge is 2.47. The van der Waals surface area contributed by atoms with E-state index in [2.05, 4.69) is 31.0 Å². The van der Waals surface area contributed by atoms with E-state index in [9.17, 15) is 4.79 Å². The van der Waals surface area contributed by atoms with Gasteiger partial charge in [-0.25, -0.2) is 0 Å². The highest BCUT2D eigenvalue weighted by Crippen LogP contribution is 2.41. The zero-order chi connectivity index (χ0) is 14.3. The Labute approximate surface area is 123 Å². The van der Waals surface area contributed by atoms with Crippen LogP contribution in [-0.4, -0.2) is 29.6 Å². The Kier molecular flexibility index (Phi) is 4.07. The third-order valence-corrected chi connectivity index (χ3v) is 6.00. The predicted molar refractivity (Wildman–Crippen MR) is 81.1 cm³/mol. The summed E-state index contributed by atoms with van der Waals surface area (Å²) in [5.74, 6) is 3.13. The first-order chi connectivity index (χ1) is 9.61. The quantitative estimate of drug-likeness (QED) is 0.838. The van der Waals surface area contributed by atoms with Crippen molar-refractivity contribution in [3.8, 4) is 0 Å². The number of nitrogens with one attached hydrogen (secondary N) is 1. The highest BCUT2D eigenvalue weighted by molar-refractivity contribution is 5.84. The predicted octanol–water partition coefficient (Wildman–Crippen LogP) is 3.01. The summed E-state index contributed by atoms with van der Waals surface area (Å²) >= 11 is 0. The van der Waals surface area contributed by atoms with Crippen LogP contribution in [0.15, 0.2) is 0 Å². The second-order valence-corrected chi connectivity index (χ2v) is 7.48. The lowest BCUT2D eigenvalue weighted by Crippen LogP contribution is -2.43. The molecule has 0 aromatic rings. The summed E-state index contributed by atoms with van der Waals surface area (Å²) < 4.78 is 0. The van der Waals surface area contributed by atoms with Crippen LogP contribution in [-0.2, 0) is 4.79 Å². The maximum atomic E-state index is 12.8. The van der Waals surface area contributed by atoms with Gasteiger partial charge in [0.1, 0.15) is 0 Å². The zero-order valence-electron chi connectivity index (χ0n) is 13.3. The van der Waals surface area contributed by atoms with Gasteiger partial charge in [0.15, 0.2) is 0 Å². The minimum Gasteiger partial charge on any atom is -0.325 e. The van der Waals surface area contributed by atoms with Crippen LogP contribution >= 0.6 is 0 Å². The van der Waals surface area contributed by atoms with Crippen molar-refractivity contribution in [2.75, 3.05) is 6.54 Å². The maximum absolute atomic E-state index is 12.8. The van der Waals surface area contributed by atoms with Crippen LogP contribution in [0.1, 0.15) is 59.3 Å². The zero-order valence-corrected chi connectivity index (χ0v) is 13.3. The normalized spacial score (nSPS) is 39.5. The summed E-state index contributed by atoms with van der Waals surface area (Å²) in [6, 6.07) is 0.0691. The Hall–Kier alpha value is -0.570. The molecule has 114 valence electrons. The molecule has 2 saturated carbocycles. The molecule has 3 nitrogen and oxygen atoms in total. The van der Waals surface area contributed by atoms with Gasteiger partial charge in [-0.1, -0.05) is 40.0 Å². The lowest BCUT2D eigenvalue weighted by Gasteiger charge is -2.29. The molecule has 5 atom stereocenters. The molecule has 3 rings (SSSR count). The van der Waals surface area contributed by atoms with Crippen molar-refractivity contribution in [1.29, 1.82) is 0 Å². The monoisotopic (exact) mass is 278 g/mol. The van der Waals surface area contributed by atoms with Gasteiger partial charge in [0.25, 0.3) is 0 Å². The average molecular weight is 278 g/mol. The molecular weight excluding hydrogens is 248 g/mol. The molecule has 1 N–H and O–H groups in total. The Morgan fingerprint density at radius 3 is 2.55 bits per heavy atom. The summed E-state index contributed by atoms with van der Waals surface area (Å²) in [7, 11) is 0.